The van der Waals surface area contributed by atoms with Crippen LogP contribution >= 0.6 is 0 Å². The highest BCUT2D eigenvalue weighted by atomic mass is 16.5. The molecule has 1 N–H and O–H groups in total. The average molecular weight is 279 g/mol. The summed E-state index contributed by atoms with van der Waals surface area (Å²) in [5.41, 5.74) is 1.30. The Bertz CT molecular complexity index is 343. The molecule has 1 heterocycles. The number of likely N-dealkylation sites (N-methyl/N-ethyl adjacent to an activating group) is 1. The zero-order chi connectivity index (χ0) is 14.8. The smallest absolute Gasteiger partial charge is 0.0630 e. The maximum Gasteiger partial charge on any atom is 0.0630 e. The summed E-state index contributed by atoms with van der Waals surface area (Å²) in [5.74, 6) is 0.675. The second kappa shape index (κ2) is 9.86. The van der Waals surface area contributed by atoms with Gasteiger partial charge in [-0.15, -0.1) is 0 Å². The minimum absolute atomic E-state index is 0.400. The lowest BCUT2D eigenvalue weighted by Gasteiger charge is -2.30. The fourth-order valence-electron chi connectivity index (χ4n) is 2.25. The largest absolute Gasteiger partial charge is 0.383 e. The Balaban J connectivity index is 2.56. The highest BCUT2D eigenvalue weighted by molar-refractivity contribution is 5.09. The minimum Gasteiger partial charge on any atom is -0.383 e. The summed E-state index contributed by atoms with van der Waals surface area (Å²) in [6, 6.07) is 4.55. The molecule has 0 aliphatic carbocycles. The summed E-state index contributed by atoms with van der Waals surface area (Å²) >= 11 is 0. The van der Waals surface area contributed by atoms with Crippen LogP contribution in [-0.2, 0) is 11.3 Å². The molecule has 0 aliphatic heterocycles. The van der Waals surface area contributed by atoms with E-state index in [2.05, 4.69) is 48.1 Å². The van der Waals surface area contributed by atoms with Crippen LogP contribution in [0.2, 0.25) is 0 Å². The number of methoxy groups -OCH3 is 1. The van der Waals surface area contributed by atoms with E-state index in [1.165, 1.54) is 5.56 Å². The Labute approximate surface area is 123 Å². The maximum absolute atomic E-state index is 5.39. The molecule has 4 heteroatoms. The van der Waals surface area contributed by atoms with Gasteiger partial charge in [-0.3, -0.25) is 9.88 Å². The van der Waals surface area contributed by atoms with Crippen molar-refractivity contribution in [2.45, 2.75) is 33.4 Å². The molecular weight excluding hydrogens is 250 g/mol. The van der Waals surface area contributed by atoms with Gasteiger partial charge in [0.2, 0.25) is 0 Å². The number of nitrogens with one attached hydrogen (secondary N) is 1. The van der Waals surface area contributed by atoms with Crippen LogP contribution in [-0.4, -0.2) is 49.3 Å². The van der Waals surface area contributed by atoms with E-state index in [-0.39, 0.29) is 0 Å². The first-order valence-corrected chi connectivity index (χ1v) is 7.50. The van der Waals surface area contributed by atoms with E-state index < -0.39 is 0 Å². The molecule has 1 unspecified atom stereocenters. The Morgan fingerprint density at radius 3 is 2.50 bits per heavy atom. The quantitative estimate of drug-likeness (QED) is 0.712. The lowest BCUT2D eigenvalue weighted by molar-refractivity contribution is 0.0874. The van der Waals surface area contributed by atoms with Crippen LogP contribution in [0.4, 0.5) is 0 Å². The van der Waals surface area contributed by atoms with Gasteiger partial charge in [0, 0.05) is 38.6 Å². The van der Waals surface area contributed by atoms with Gasteiger partial charge in [0.15, 0.2) is 0 Å². The first-order valence-electron chi connectivity index (χ1n) is 7.50. The maximum atomic E-state index is 5.39. The molecule has 0 spiro atoms. The third-order valence-corrected chi connectivity index (χ3v) is 3.35. The molecule has 1 aromatic heterocycles. The lowest BCUT2D eigenvalue weighted by atomic mass is 10.2. The standard InChI is InChI=1S/C16H29N3O/c1-5-19(12-15-6-8-17-9-7-15)16(13-20-4)11-18-10-14(2)3/h6-9,14,16,18H,5,10-13H2,1-4H3. The van der Waals surface area contributed by atoms with Crippen molar-refractivity contribution in [2.75, 3.05) is 33.4 Å². The van der Waals surface area contributed by atoms with Crippen molar-refractivity contribution in [3.8, 4) is 0 Å². The summed E-state index contributed by atoms with van der Waals surface area (Å²) in [6.45, 7) is 11.4. The van der Waals surface area contributed by atoms with Gasteiger partial charge in [-0.05, 0) is 36.7 Å². The van der Waals surface area contributed by atoms with Gasteiger partial charge in [-0.2, -0.15) is 0 Å². The first-order chi connectivity index (χ1) is 9.67. The van der Waals surface area contributed by atoms with Gasteiger partial charge in [-0.1, -0.05) is 20.8 Å². The van der Waals surface area contributed by atoms with Gasteiger partial charge >= 0.3 is 0 Å². The van der Waals surface area contributed by atoms with E-state index in [1.807, 2.05) is 12.4 Å². The topological polar surface area (TPSA) is 37.4 Å². The monoisotopic (exact) mass is 279 g/mol. The van der Waals surface area contributed by atoms with E-state index in [4.69, 9.17) is 4.74 Å². The minimum atomic E-state index is 0.400. The Kier molecular flexibility index (Phi) is 8.42. The molecule has 0 saturated heterocycles. The summed E-state index contributed by atoms with van der Waals surface area (Å²) in [5, 5.41) is 3.54. The zero-order valence-electron chi connectivity index (χ0n) is 13.3. The van der Waals surface area contributed by atoms with E-state index in [0.29, 0.717) is 12.0 Å². The molecular formula is C16H29N3O. The molecule has 0 radical (unpaired) electrons. The predicted octanol–water partition coefficient (Wildman–Crippen LogP) is 2.16. The number of ether oxygens (including phenoxy) is 1. The van der Waals surface area contributed by atoms with Crippen molar-refractivity contribution in [1.82, 2.24) is 15.2 Å². The summed E-state index contributed by atoms with van der Waals surface area (Å²) in [6.07, 6.45) is 3.71. The third kappa shape index (κ3) is 6.46. The van der Waals surface area contributed by atoms with Crippen LogP contribution in [0.5, 0.6) is 0 Å². The van der Waals surface area contributed by atoms with Gasteiger partial charge < -0.3 is 10.1 Å². The molecule has 1 rings (SSSR count). The molecule has 0 aliphatic rings. The second-order valence-electron chi connectivity index (χ2n) is 5.58. The fraction of sp³-hybridized carbons (Fsp3) is 0.688. The van der Waals surface area contributed by atoms with Gasteiger partial charge in [-0.25, -0.2) is 0 Å². The van der Waals surface area contributed by atoms with E-state index in [1.54, 1.807) is 7.11 Å². The normalized spacial score (nSPS) is 13.1. The number of hydrogen-bond acceptors (Lipinski definition) is 4. The Morgan fingerprint density at radius 1 is 1.25 bits per heavy atom. The van der Waals surface area contributed by atoms with Crippen molar-refractivity contribution < 1.29 is 4.74 Å². The van der Waals surface area contributed by atoms with Crippen molar-refractivity contribution in [3.63, 3.8) is 0 Å². The lowest BCUT2D eigenvalue weighted by Crippen LogP contribution is -2.45. The molecule has 0 amide bonds. The highest BCUT2D eigenvalue weighted by Crippen LogP contribution is 2.08. The van der Waals surface area contributed by atoms with E-state index in [0.717, 1.165) is 32.8 Å². The molecule has 1 atom stereocenters. The van der Waals surface area contributed by atoms with E-state index >= 15 is 0 Å². The van der Waals surface area contributed by atoms with Crippen LogP contribution in [0.15, 0.2) is 24.5 Å². The number of rotatable bonds is 10. The number of hydrogen-bond donors (Lipinski definition) is 1. The molecule has 20 heavy (non-hydrogen) atoms. The fourth-order valence-corrected chi connectivity index (χ4v) is 2.25. The van der Waals surface area contributed by atoms with Gasteiger partial charge in [0.1, 0.15) is 0 Å². The Morgan fingerprint density at radius 2 is 1.95 bits per heavy atom. The van der Waals surface area contributed by atoms with Crippen LogP contribution in [0.25, 0.3) is 0 Å². The van der Waals surface area contributed by atoms with Crippen molar-refractivity contribution in [2.24, 2.45) is 5.92 Å². The Hall–Kier alpha value is -0.970. The molecule has 0 saturated carbocycles. The highest BCUT2D eigenvalue weighted by Gasteiger charge is 2.17. The van der Waals surface area contributed by atoms with E-state index in [9.17, 15) is 0 Å². The number of nitrogens with zero attached hydrogens (tertiary/aromatic N) is 2. The van der Waals surface area contributed by atoms with Crippen LogP contribution in [0, 0.1) is 5.92 Å². The average Bonchev–Trinajstić information content (AvgIpc) is 2.45. The molecule has 0 aromatic carbocycles. The SMILES string of the molecule is CCN(Cc1ccncc1)C(CNCC(C)C)COC. The predicted molar refractivity (Wildman–Crippen MR) is 83.7 cm³/mol. The van der Waals surface area contributed by atoms with Crippen LogP contribution < -0.4 is 5.32 Å². The van der Waals surface area contributed by atoms with Crippen molar-refractivity contribution >= 4 is 0 Å². The van der Waals surface area contributed by atoms with Crippen LogP contribution in [0.3, 0.4) is 0 Å². The van der Waals surface area contributed by atoms with Gasteiger partial charge in [0.25, 0.3) is 0 Å². The molecule has 1 aromatic rings. The summed E-state index contributed by atoms with van der Waals surface area (Å²) in [7, 11) is 1.77. The van der Waals surface area contributed by atoms with Gasteiger partial charge in [0.05, 0.1) is 6.61 Å². The molecule has 0 bridgehead atoms. The number of pyridine rings is 1. The van der Waals surface area contributed by atoms with Crippen LogP contribution in [0.1, 0.15) is 26.3 Å². The first kappa shape index (κ1) is 17.1. The molecule has 0 fully saturated rings. The zero-order valence-corrected chi connectivity index (χ0v) is 13.3. The third-order valence-electron chi connectivity index (χ3n) is 3.35. The molecule has 4 nitrogen and oxygen atoms in total. The summed E-state index contributed by atoms with van der Waals surface area (Å²) in [4.78, 5) is 6.52. The second-order valence-corrected chi connectivity index (χ2v) is 5.58. The van der Waals surface area contributed by atoms with Crippen molar-refractivity contribution in [3.05, 3.63) is 30.1 Å². The van der Waals surface area contributed by atoms with Crippen molar-refractivity contribution in [1.29, 1.82) is 0 Å². The summed E-state index contributed by atoms with van der Waals surface area (Å²) < 4.78 is 5.39. The number of aromatic nitrogens is 1. The molecule has 114 valence electrons.